The molecule has 0 aliphatic carbocycles. The van der Waals surface area contributed by atoms with Crippen LogP contribution in [0.1, 0.15) is 93.6 Å². The van der Waals surface area contributed by atoms with E-state index in [0.717, 1.165) is 5.56 Å². The van der Waals surface area contributed by atoms with Gasteiger partial charge >= 0.3 is 11.9 Å². The molecule has 4 N–H and O–H groups in total. The molecule has 1 aromatic heterocycles. The lowest BCUT2D eigenvalue weighted by Gasteiger charge is -2.46. The molecule has 17 heteroatoms. The van der Waals surface area contributed by atoms with E-state index in [2.05, 4.69) is 43.2 Å². The van der Waals surface area contributed by atoms with Crippen LogP contribution in [0.5, 0.6) is 0 Å². The first kappa shape index (κ1) is 54.7. The number of esters is 1. The zero-order chi connectivity index (χ0) is 50.2. The summed E-state index contributed by atoms with van der Waals surface area (Å²) in [6, 6.07) is 7.51. The van der Waals surface area contributed by atoms with Crippen molar-refractivity contribution in [2.24, 2.45) is 23.7 Å². The number of hydrogen-bond acceptors (Lipinski definition) is 16. The Morgan fingerprint density at radius 3 is 2.24 bits per heavy atom. The van der Waals surface area contributed by atoms with Crippen LogP contribution in [0, 0.1) is 23.7 Å². The molecule has 0 saturated carbocycles. The molecular weight excluding hydrogens is 877 g/mol. The van der Waals surface area contributed by atoms with Gasteiger partial charge in [0.2, 0.25) is 5.76 Å². The summed E-state index contributed by atoms with van der Waals surface area (Å²) in [5, 5.41) is 54.4. The quantitative estimate of drug-likeness (QED) is 0.193. The van der Waals surface area contributed by atoms with Crippen LogP contribution in [0.15, 0.2) is 66.0 Å². The predicted molar refractivity (Wildman–Crippen MR) is 253 cm³/mol. The Kier molecular flexibility index (Phi) is 19.4. The Morgan fingerprint density at radius 2 is 1.62 bits per heavy atom. The monoisotopic (exact) mass is 955 g/mol. The van der Waals surface area contributed by atoms with Gasteiger partial charge in [0.05, 0.1) is 50.2 Å². The number of allylic oxidation sites excluding steroid dienone is 3. The maximum Gasteiger partial charge on any atom is 0.322 e. The molecule has 3 aliphatic rings. The number of rotatable bonds is 13. The number of nitrogens with zero attached hydrogens (tertiary/aromatic N) is 4. The maximum absolute atomic E-state index is 14.1. The smallest absolute Gasteiger partial charge is 0.322 e. The Morgan fingerprint density at radius 1 is 0.926 bits per heavy atom. The number of aliphatic hydroxyl groups excluding tert-OH is 4. The topological polar surface area (TPSA) is 214 Å². The largest absolute Gasteiger partial charge is 0.492 e. The van der Waals surface area contributed by atoms with Crippen molar-refractivity contribution in [1.82, 2.24) is 19.9 Å². The predicted octanol–water partition coefficient (Wildman–Crippen LogP) is 5.09. The number of ketones is 1. The van der Waals surface area contributed by atoms with Gasteiger partial charge in [-0.05, 0) is 77.1 Å². The SMILES string of the molecule is CC[C@H]1OC(=O)C[C@@H](O)[C@H](C)[C@@H](O[C@@H]2O[C@H](C)[C@@H](O)C(N(C)C)C2O)[C@@H](CCn2cc(-c3ccc(C(C)(C)C)cc3)nn2)C[C@@H](C)C(=O)/C=C/C(C)=C/[C@@H]1COC1=C(OC)[C@@H](OC)[C@H](O)C(C)O1. The lowest BCUT2D eigenvalue weighted by atomic mass is 9.79. The number of hydrogen-bond donors (Lipinski definition) is 4. The van der Waals surface area contributed by atoms with Gasteiger partial charge in [-0.2, -0.15) is 0 Å². The molecule has 0 spiro atoms. The number of carbonyl (C=O) groups is 2. The third-order valence-corrected chi connectivity index (χ3v) is 13.7. The van der Waals surface area contributed by atoms with E-state index in [0.29, 0.717) is 37.1 Å². The molecule has 0 amide bonds. The number of methoxy groups -OCH3 is 2. The van der Waals surface area contributed by atoms with E-state index in [4.69, 9.17) is 33.2 Å². The average molecular weight is 955 g/mol. The molecule has 2 aromatic rings. The van der Waals surface area contributed by atoms with Crippen molar-refractivity contribution >= 4 is 11.8 Å². The molecular formula is C51H78N4O13. The first-order chi connectivity index (χ1) is 32.1. The second kappa shape index (κ2) is 24.1. The van der Waals surface area contributed by atoms with E-state index in [1.807, 2.05) is 45.2 Å². The fourth-order valence-corrected chi connectivity index (χ4v) is 9.36. The number of aromatic nitrogens is 3. The maximum atomic E-state index is 14.1. The van der Waals surface area contributed by atoms with E-state index >= 15 is 0 Å². The number of cyclic esters (lactones) is 1. The van der Waals surface area contributed by atoms with Gasteiger partial charge in [0.15, 0.2) is 18.2 Å². The average Bonchev–Trinajstić information content (AvgIpc) is 3.77. The van der Waals surface area contributed by atoms with Crippen molar-refractivity contribution in [3.05, 3.63) is 71.5 Å². The summed E-state index contributed by atoms with van der Waals surface area (Å²) in [6.07, 6.45) is -2.03. The Labute approximate surface area is 402 Å². The van der Waals surface area contributed by atoms with Gasteiger partial charge < -0.3 is 58.5 Å². The number of aryl methyl sites for hydroxylation is 1. The van der Waals surface area contributed by atoms with Crippen LogP contribution in [-0.4, -0.2) is 154 Å². The second-order valence-corrected chi connectivity index (χ2v) is 20.1. The van der Waals surface area contributed by atoms with Crippen molar-refractivity contribution in [1.29, 1.82) is 0 Å². The molecule has 1 fully saturated rings. The zero-order valence-corrected chi connectivity index (χ0v) is 42.3. The first-order valence-corrected chi connectivity index (χ1v) is 24.0. The Bertz CT molecular complexity index is 2050. The summed E-state index contributed by atoms with van der Waals surface area (Å²) < 4.78 is 44.0. The van der Waals surface area contributed by atoms with Gasteiger partial charge in [0.1, 0.15) is 36.7 Å². The van der Waals surface area contributed by atoms with E-state index in [1.165, 1.54) is 25.9 Å². The molecule has 380 valence electrons. The van der Waals surface area contributed by atoms with Crippen LogP contribution in [0.3, 0.4) is 0 Å². The highest BCUT2D eigenvalue weighted by Gasteiger charge is 2.47. The summed E-state index contributed by atoms with van der Waals surface area (Å²) in [6.45, 7) is 17.5. The minimum Gasteiger partial charge on any atom is -0.492 e. The van der Waals surface area contributed by atoms with Gasteiger partial charge in [0, 0.05) is 37.0 Å². The number of ether oxygens (including phenoxy) is 7. The molecule has 3 unspecified atom stereocenters. The van der Waals surface area contributed by atoms with Crippen LogP contribution < -0.4 is 0 Å². The van der Waals surface area contributed by atoms with Gasteiger partial charge in [-0.25, -0.2) is 0 Å². The molecule has 4 heterocycles. The van der Waals surface area contributed by atoms with Gasteiger partial charge in [-0.1, -0.05) is 88.7 Å². The molecule has 1 saturated heterocycles. The highest BCUT2D eigenvalue weighted by Crippen LogP contribution is 2.36. The highest BCUT2D eigenvalue weighted by molar-refractivity contribution is 5.91. The lowest BCUT2D eigenvalue weighted by Crippen LogP contribution is -2.63. The Balaban J connectivity index is 1.49. The number of carbonyl (C=O) groups excluding carboxylic acids is 2. The van der Waals surface area contributed by atoms with Crippen LogP contribution >= 0.6 is 0 Å². The highest BCUT2D eigenvalue weighted by atomic mass is 16.7. The molecule has 3 aliphatic heterocycles. The van der Waals surface area contributed by atoms with Crippen LogP contribution in [0.25, 0.3) is 11.3 Å². The van der Waals surface area contributed by atoms with E-state index in [1.54, 1.807) is 50.5 Å². The number of benzene rings is 1. The third kappa shape index (κ3) is 13.6. The fourth-order valence-electron chi connectivity index (χ4n) is 9.36. The molecule has 68 heavy (non-hydrogen) atoms. The summed E-state index contributed by atoms with van der Waals surface area (Å²) in [4.78, 5) is 29.8. The van der Waals surface area contributed by atoms with E-state index < -0.39 is 103 Å². The molecule has 17 nitrogen and oxygen atoms in total. The summed E-state index contributed by atoms with van der Waals surface area (Å²) >= 11 is 0. The minimum absolute atomic E-state index is 0.00584. The summed E-state index contributed by atoms with van der Waals surface area (Å²) in [5.74, 6) is -2.91. The van der Waals surface area contributed by atoms with Crippen molar-refractivity contribution < 1.29 is 63.2 Å². The summed E-state index contributed by atoms with van der Waals surface area (Å²) in [5.41, 5.74) is 3.52. The fraction of sp³-hybridized carbons (Fsp3) is 0.686. The van der Waals surface area contributed by atoms with Crippen LogP contribution in [0.4, 0.5) is 0 Å². The second-order valence-electron chi connectivity index (χ2n) is 20.1. The molecule has 0 radical (unpaired) electrons. The molecule has 0 bridgehead atoms. The first-order valence-electron chi connectivity index (χ1n) is 24.0. The van der Waals surface area contributed by atoms with Crippen molar-refractivity contribution in [3.63, 3.8) is 0 Å². The van der Waals surface area contributed by atoms with Crippen LogP contribution in [-0.2, 0) is 54.7 Å². The van der Waals surface area contributed by atoms with E-state index in [9.17, 15) is 30.0 Å². The van der Waals surface area contributed by atoms with Gasteiger partial charge in [-0.3, -0.25) is 14.3 Å². The van der Waals surface area contributed by atoms with Crippen molar-refractivity contribution in [2.45, 2.75) is 167 Å². The number of aliphatic hydroxyl groups is 4. The summed E-state index contributed by atoms with van der Waals surface area (Å²) in [7, 11) is 6.38. The standard InChI is InChI=1S/C51H78N4O13/c1-14-40-35(27-64-50-48(63-13)47(62-12)44(60)32(6)66-50)23-28(2)15-20-38(56)29(3)24-34(21-22-55-26-37(52-53-55)33-16-18-36(19-17-33)51(7,8)9)46(30(4)39(57)25-41(58)67-40)68-49-45(61)42(54(10)11)43(59)31(5)65-49/h15-20,23,26,29-32,34-35,39-40,42-47,49,57,59-61H,14,21-22,24-25,27H2,1-13H3/b20-15+,28-23+/t29-,30+,31-,32?,34+,35-,39-,40-,42?,43-,44-,45?,46-,47+,49+/m1/s1. The normalized spacial score (nSPS) is 35.0. The zero-order valence-electron chi connectivity index (χ0n) is 42.3. The van der Waals surface area contributed by atoms with Gasteiger partial charge in [0.25, 0.3) is 0 Å². The molecule has 1 aromatic carbocycles. The third-order valence-electron chi connectivity index (χ3n) is 13.7. The van der Waals surface area contributed by atoms with Gasteiger partial charge in [-0.15, -0.1) is 5.10 Å². The van der Waals surface area contributed by atoms with Crippen molar-refractivity contribution in [3.8, 4) is 11.3 Å². The molecule has 5 rings (SSSR count). The molecule has 15 atom stereocenters. The van der Waals surface area contributed by atoms with Crippen LogP contribution in [0.2, 0.25) is 0 Å². The number of likely N-dealkylation sites (N-methyl/N-ethyl adjacent to an activating group) is 1. The Hall–Kier alpha value is -4.20. The van der Waals surface area contributed by atoms with Crippen molar-refractivity contribution in [2.75, 3.05) is 34.9 Å². The lowest BCUT2D eigenvalue weighted by molar-refractivity contribution is -0.304. The minimum atomic E-state index is -1.30. The van der Waals surface area contributed by atoms with E-state index in [-0.39, 0.29) is 29.5 Å².